The summed E-state index contributed by atoms with van der Waals surface area (Å²) in [6.07, 6.45) is 0. The second kappa shape index (κ2) is 7.11. The molecule has 0 aliphatic heterocycles. The van der Waals surface area contributed by atoms with E-state index in [9.17, 15) is 0 Å². The third kappa shape index (κ3) is 4.07. The van der Waals surface area contributed by atoms with Crippen molar-refractivity contribution in [2.45, 2.75) is 6.54 Å². The molecule has 1 rings (SSSR count). The van der Waals surface area contributed by atoms with Gasteiger partial charge in [-0.3, -0.25) is 0 Å². The number of halogens is 3. The van der Waals surface area contributed by atoms with Crippen molar-refractivity contribution in [3.8, 4) is 11.5 Å². The Kier molecular flexibility index (Phi) is 6.12. The lowest BCUT2D eigenvalue weighted by Crippen LogP contribution is -2.02. The number of ether oxygens (including phenoxy) is 2. The van der Waals surface area contributed by atoms with Crippen LogP contribution in [0.25, 0.3) is 0 Å². The Morgan fingerprint density at radius 2 is 2.24 bits per heavy atom. The Morgan fingerprint density at radius 1 is 1.53 bits per heavy atom. The Hall–Kier alpha value is -0.420. The van der Waals surface area contributed by atoms with E-state index in [1.165, 1.54) is 5.54 Å². The minimum absolute atomic E-state index is 0.183. The largest absolute Gasteiger partial charge is 0.493 e. The summed E-state index contributed by atoms with van der Waals surface area (Å²) in [5, 5.41) is 0.406. The quantitative estimate of drug-likeness (QED) is 0.890. The summed E-state index contributed by atoms with van der Waals surface area (Å²) >= 11 is 14.6. The Bertz CT molecular complexity index is 424. The van der Waals surface area contributed by atoms with Crippen molar-refractivity contribution in [1.82, 2.24) is 0 Å². The normalized spacial score (nSPS) is 11.5. The Labute approximate surface area is 119 Å². The van der Waals surface area contributed by atoms with Gasteiger partial charge in [-0.15, -0.1) is 0 Å². The SMILES string of the molecule is COc1cc(CN)cc(Br)c1OCC(Cl)=CCl. The molecule has 0 aliphatic rings. The van der Waals surface area contributed by atoms with E-state index in [4.69, 9.17) is 38.4 Å². The minimum Gasteiger partial charge on any atom is -0.493 e. The van der Waals surface area contributed by atoms with E-state index in [0.29, 0.717) is 23.1 Å². The highest BCUT2D eigenvalue weighted by Gasteiger charge is 2.11. The third-order valence-electron chi connectivity index (χ3n) is 2.00. The maximum atomic E-state index is 5.75. The molecule has 0 aromatic heterocycles. The van der Waals surface area contributed by atoms with E-state index in [0.717, 1.165) is 10.0 Å². The number of benzene rings is 1. The molecule has 0 fully saturated rings. The highest BCUT2D eigenvalue weighted by molar-refractivity contribution is 9.10. The van der Waals surface area contributed by atoms with Gasteiger partial charge in [0.1, 0.15) is 6.61 Å². The fourth-order valence-corrected chi connectivity index (χ4v) is 1.93. The lowest BCUT2D eigenvalue weighted by Gasteiger charge is -2.13. The summed E-state index contributed by atoms with van der Waals surface area (Å²) in [6, 6.07) is 3.69. The van der Waals surface area contributed by atoms with Gasteiger partial charge in [0, 0.05) is 12.1 Å². The highest BCUT2D eigenvalue weighted by Crippen LogP contribution is 2.36. The molecule has 17 heavy (non-hydrogen) atoms. The van der Waals surface area contributed by atoms with Gasteiger partial charge >= 0.3 is 0 Å². The van der Waals surface area contributed by atoms with Gasteiger partial charge in [0.2, 0.25) is 0 Å². The maximum absolute atomic E-state index is 5.75. The number of nitrogens with two attached hydrogens (primary N) is 1. The van der Waals surface area contributed by atoms with Crippen molar-refractivity contribution >= 4 is 39.1 Å². The molecular formula is C11H12BrCl2NO2. The summed E-state index contributed by atoms with van der Waals surface area (Å²) in [6.45, 7) is 0.611. The van der Waals surface area contributed by atoms with Crippen LogP contribution >= 0.6 is 39.1 Å². The number of hydrogen-bond donors (Lipinski definition) is 1. The minimum atomic E-state index is 0.183. The van der Waals surface area contributed by atoms with Gasteiger partial charge in [-0.05, 0) is 33.6 Å². The molecule has 0 radical (unpaired) electrons. The second-order valence-electron chi connectivity index (χ2n) is 3.16. The average molecular weight is 341 g/mol. The van der Waals surface area contributed by atoms with Crippen LogP contribution in [-0.4, -0.2) is 13.7 Å². The van der Waals surface area contributed by atoms with Gasteiger partial charge < -0.3 is 15.2 Å². The zero-order valence-corrected chi connectivity index (χ0v) is 12.3. The topological polar surface area (TPSA) is 44.5 Å². The van der Waals surface area contributed by atoms with Gasteiger partial charge in [-0.25, -0.2) is 0 Å². The molecule has 0 saturated heterocycles. The number of methoxy groups -OCH3 is 1. The van der Waals surface area contributed by atoms with Crippen LogP contribution in [0.2, 0.25) is 0 Å². The molecule has 0 aliphatic carbocycles. The predicted octanol–water partition coefficient (Wildman–Crippen LogP) is 3.61. The fraction of sp³-hybridized carbons (Fsp3) is 0.273. The van der Waals surface area contributed by atoms with E-state index in [-0.39, 0.29) is 6.61 Å². The standard InChI is InChI=1S/C11H12BrCl2NO2/c1-16-10-3-7(5-15)2-9(12)11(10)17-6-8(14)4-13/h2-4H,5-6,15H2,1H3. The lowest BCUT2D eigenvalue weighted by molar-refractivity contribution is 0.321. The zero-order chi connectivity index (χ0) is 12.8. The first-order valence-corrected chi connectivity index (χ1v) is 6.37. The fourth-order valence-electron chi connectivity index (χ4n) is 1.20. The van der Waals surface area contributed by atoms with Crippen LogP contribution in [0.1, 0.15) is 5.56 Å². The Morgan fingerprint density at radius 3 is 2.76 bits per heavy atom. The van der Waals surface area contributed by atoms with E-state index in [2.05, 4.69) is 15.9 Å². The van der Waals surface area contributed by atoms with Crippen LogP contribution in [0.3, 0.4) is 0 Å². The van der Waals surface area contributed by atoms with Crippen molar-refractivity contribution in [3.63, 3.8) is 0 Å². The third-order valence-corrected chi connectivity index (χ3v) is 3.18. The first-order valence-electron chi connectivity index (χ1n) is 4.76. The maximum Gasteiger partial charge on any atom is 0.175 e. The molecule has 6 heteroatoms. The van der Waals surface area contributed by atoms with Crippen molar-refractivity contribution < 1.29 is 9.47 Å². The first-order chi connectivity index (χ1) is 8.12. The van der Waals surface area contributed by atoms with Crippen LogP contribution in [0.4, 0.5) is 0 Å². The summed E-state index contributed by atoms with van der Waals surface area (Å²) < 4.78 is 11.5. The molecular weight excluding hydrogens is 329 g/mol. The van der Waals surface area contributed by atoms with Gasteiger partial charge in [-0.2, -0.15) is 0 Å². The molecule has 0 saturated carbocycles. The van der Waals surface area contributed by atoms with Crippen LogP contribution < -0.4 is 15.2 Å². The number of hydrogen-bond acceptors (Lipinski definition) is 3. The Balaban J connectivity index is 2.97. The van der Waals surface area contributed by atoms with Crippen LogP contribution in [0, 0.1) is 0 Å². The monoisotopic (exact) mass is 339 g/mol. The zero-order valence-electron chi connectivity index (χ0n) is 9.17. The molecule has 0 atom stereocenters. The van der Waals surface area contributed by atoms with Crippen molar-refractivity contribution in [2.24, 2.45) is 5.73 Å². The molecule has 0 amide bonds. The molecule has 0 unspecified atom stereocenters. The molecule has 0 bridgehead atoms. The lowest BCUT2D eigenvalue weighted by atomic mass is 10.2. The molecule has 1 aromatic carbocycles. The van der Waals surface area contributed by atoms with Crippen molar-refractivity contribution in [1.29, 1.82) is 0 Å². The first kappa shape index (κ1) is 14.6. The molecule has 0 heterocycles. The van der Waals surface area contributed by atoms with E-state index in [1.54, 1.807) is 7.11 Å². The summed E-state index contributed by atoms with van der Waals surface area (Å²) in [5.41, 5.74) is 7.78. The highest BCUT2D eigenvalue weighted by atomic mass is 79.9. The van der Waals surface area contributed by atoms with Gasteiger partial charge in [-0.1, -0.05) is 23.2 Å². The number of rotatable bonds is 5. The van der Waals surface area contributed by atoms with Gasteiger partial charge in [0.15, 0.2) is 11.5 Å². The second-order valence-corrected chi connectivity index (χ2v) is 4.72. The van der Waals surface area contributed by atoms with Crippen LogP contribution in [0.5, 0.6) is 11.5 Å². The molecule has 94 valence electrons. The van der Waals surface area contributed by atoms with Crippen molar-refractivity contribution in [3.05, 3.63) is 32.7 Å². The van der Waals surface area contributed by atoms with E-state index >= 15 is 0 Å². The molecule has 3 nitrogen and oxygen atoms in total. The summed E-state index contributed by atoms with van der Waals surface area (Å²) in [7, 11) is 1.56. The van der Waals surface area contributed by atoms with Crippen LogP contribution in [-0.2, 0) is 6.54 Å². The van der Waals surface area contributed by atoms with Gasteiger partial charge in [0.05, 0.1) is 16.6 Å². The van der Waals surface area contributed by atoms with Crippen LogP contribution in [0.15, 0.2) is 27.2 Å². The predicted molar refractivity (Wildman–Crippen MR) is 73.9 cm³/mol. The average Bonchev–Trinajstić information content (AvgIpc) is 2.35. The van der Waals surface area contributed by atoms with Gasteiger partial charge in [0.25, 0.3) is 0 Å². The smallest absolute Gasteiger partial charge is 0.175 e. The summed E-state index contributed by atoms with van der Waals surface area (Å²) in [5.74, 6) is 1.17. The molecule has 2 N–H and O–H groups in total. The molecule has 1 aromatic rings. The van der Waals surface area contributed by atoms with E-state index < -0.39 is 0 Å². The van der Waals surface area contributed by atoms with Crippen molar-refractivity contribution in [2.75, 3.05) is 13.7 Å². The van der Waals surface area contributed by atoms with E-state index in [1.807, 2.05) is 12.1 Å². The molecule has 0 spiro atoms. The summed E-state index contributed by atoms with van der Waals surface area (Å²) in [4.78, 5) is 0.